The van der Waals surface area contributed by atoms with E-state index in [1.165, 1.54) is 6.20 Å². The topological polar surface area (TPSA) is 77.0 Å². The smallest absolute Gasteiger partial charge is 0.444 e. The second kappa shape index (κ2) is 7.56. The molecule has 0 radical (unpaired) electrons. The average Bonchev–Trinajstić information content (AvgIpc) is 2.52. The Hall–Kier alpha value is -2.23. The highest BCUT2D eigenvalue weighted by molar-refractivity contribution is 9.10. The van der Waals surface area contributed by atoms with Crippen molar-refractivity contribution in [2.45, 2.75) is 39.1 Å². The number of hydrogen-bond donors (Lipinski definition) is 1. The summed E-state index contributed by atoms with van der Waals surface area (Å²) >= 11 is 3.32. The quantitative estimate of drug-likeness (QED) is 0.779. The van der Waals surface area contributed by atoms with Gasteiger partial charge in [0.25, 0.3) is 0 Å². The molecule has 140 valence electrons. The van der Waals surface area contributed by atoms with E-state index < -0.39 is 23.7 Å². The van der Waals surface area contributed by atoms with E-state index in [1.807, 2.05) is 0 Å². The van der Waals surface area contributed by atoms with Gasteiger partial charge in [0, 0.05) is 35.2 Å². The Morgan fingerprint density at radius 2 is 1.77 bits per heavy atom. The van der Waals surface area contributed by atoms with Crippen LogP contribution in [-0.2, 0) is 17.5 Å². The number of hydrogen-bond acceptors (Lipinski definition) is 5. The van der Waals surface area contributed by atoms with E-state index in [9.17, 15) is 18.0 Å². The summed E-state index contributed by atoms with van der Waals surface area (Å²) in [5.41, 5.74) is 0.745. The molecule has 2 heterocycles. The molecule has 2 aromatic heterocycles. The first-order chi connectivity index (χ1) is 12.0. The summed E-state index contributed by atoms with van der Waals surface area (Å²) in [4.78, 5) is 22.5. The van der Waals surface area contributed by atoms with Gasteiger partial charge in [-0.3, -0.25) is 4.98 Å². The first-order valence-electron chi connectivity index (χ1n) is 7.46. The minimum Gasteiger partial charge on any atom is -0.444 e. The summed E-state index contributed by atoms with van der Waals surface area (Å²) in [7, 11) is 0. The van der Waals surface area contributed by atoms with Crippen molar-refractivity contribution in [2.75, 3.05) is 0 Å². The van der Waals surface area contributed by atoms with E-state index >= 15 is 0 Å². The number of nitrogens with one attached hydrogen (secondary N) is 1. The lowest BCUT2D eigenvalue weighted by atomic mass is 10.1. The van der Waals surface area contributed by atoms with Crippen LogP contribution in [0.1, 0.15) is 32.2 Å². The molecule has 0 fully saturated rings. The summed E-state index contributed by atoms with van der Waals surface area (Å²) in [6.07, 6.45) is -1.60. The van der Waals surface area contributed by atoms with Gasteiger partial charge in [0.1, 0.15) is 5.60 Å². The van der Waals surface area contributed by atoms with Crippen LogP contribution in [0.5, 0.6) is 0 Å². The molecule has 0 aromatic carbocycles. The van der Waals surface area contributed by atoms with Crippen molar-refractivity contribution in [1.82, 2.24) is 20.3 Å². The maximum absolute atomic E-state index is 12.5. The monoisotopic (exact) mass is 432 g/mol. The summed E-state index contributed by atoms with van der Waals surface area (Å²) in [5, 5.41) is 2.61. The number of nitrogens with zero attached hydrogens (tertiary/aromatic N) is 3. The molecule has 2 rings (SSSR count). The number of amides is 1. The van der Waals surface area contributed by atoms with Crippen LogP contribution in [0.4, 0.5) is 18.0 Å². The van der Waals surface area contributed by atoms with E-state index in [2.05, 4.69) is 36.2 Å². The number of carbonyl (C=O) groups excluding carboxylic acids is 1. The summed E-state index contributed by atoms with van der Waals surface area (Å²) in [6, 6.07) is 1.62. The molecule has 0 saturated carbocycles. The highest BCUT2D eigenvalue weighted by Crippen LogP contribution is 2.27. The summed E-state index contributed by atoms with van der Waals surface area (Å²) in [6.45, 7) is 5.39. The van der Waals surface area contributed by atoms with Gasteiger partial charge in [-0.15, -0.1) is 0 Å². The molecule has 1 N–H and O–H groups in total. The van der Waals surface area contributed by atoms with Crippen LogP contribution in [-0.4, -0.2) is 26.6 Å². The second-order valence-electron chi connectivity index (χ2n) is 6.31. The van der Waals surface area contributed by atoms with Gasteiger partial charge in [-0.1, -0.05) is 0 Å². The number of ether oxygens (including phenoxy) is 1. The number of carbonyl (C=O) groups is 1. The highest BCUT2D eigenvalue weighted by atomic mass is 79.9. The SMILES string of the molecule is CC(C)(C)OC(=O)NCc1cc(-c2cnc(C(F)(F)F)nc2)ncc1Br. The maximum Gasteiger partial charge on any atom is 0.451 e. The Bertz CT molecular complexity index is 790. The van der Waals surface area contributed by atoms with Crippen molar-refractivity contribution in [1.29, 1.82) is 0 Å². The van der Waals surface area contributed by atoms with E-state index in [0.29, 0.717) is 21.3 Å². The Morgan fingerprint density at radius 3 is 2.31 bits per heavy atom. The number of alkyl halides is 3. The van der Waals surface area contributed by atoms with Crippen molar-refractivity contribution < 1.29 is 22.7 Å². The van der Waals surface area contributed by atoms with Crippen LogP contribution in [0.25, 0.3) is 11.3 Å². The lowest BCUT2D eigenvalue weighted by molar-refractivity contribution is -0.144. The maximum atomic E-state index is 12.5. The van der Waals surface area contributed by atoms with E-state index in [1.54, 1.807) is 26.8 Å². The average molecular weight is 433 g/mol. The number of pyridine rings is 1. The Balaban J connectivity index is 2.15. The largest absolute Gasteiger partial charge is 0.451 e. The predicted octanol–water partition coefficient (Wildman–Crippen LogP) is 4.34. The zero-order chi connectivity index (χ0) is 19.5. The standard InChI is InChI=1S/C16H16BrF3N4O2/c1-15(2,3)26-14(25)24-5-9-4-12(21-8-11(9)17)10-6-22-13(23-7-10)16(18,19)20/h4,6-8H,5H2,1-3H3,(H,24,25). The molecule has 0 aliphatic heterocycles. The molecular weight excluding hydrogens is 417 g/mol. The Kier molecular flexibility index (Phi) is 5.84. The molecule has 10 heteroatoms. The van der Waals surface area contributed by atoms with Crippen molar-refractivity contribution >= 4 is 22.0 Å². The van der Waals surface area contributed by atoms with Gasteiger partial charge in [0.2, 0.25) is 5.82 Å². The molecule has 6 nitrogen and oxygen atoms in total. The molecular formula is C16H16BrF3N4O2. The second-order valence-corrected chi connectivity index (χ2v) is 7.16. The lowest BCUT2D eigenvalue weighted by Gasteiger charge is -2.19. The molecule has 0 bridgehead atoms. The number of alkyl carbamates (subject to hydrolysis) is 1. The van der Waals surface area contributed by atoms with E-state index in [0.717, 1.165) is 12.4 Å². The molecule has 0 aliphatic rings. The first kappa shape index (κ1) is 20.1. The zero-order valence-electron chi connectivity index (χ0n) is 14.2. The Morgan fingerprint density at radius 1 is 1.15 bits per heavy atom. The summed E-state index contributed by atoms with van der Waals surface area (Å²) in [5.74, 6) is -1.22. The zero-order valence-corrected chi connectivity index (χ0v) is 15.8. The van der Waals surface area contributed by atoms with Crippen molar-refractivity contribution in [2.24, 2.45) is 0 Å². The summed E-state index contributed by atoms with van der Waals surface area (Å²) < 4.78 is 43.4. The highest BCUT2D eigenvalue weighted by Gasteiger charge is 2.34. The third kappa shape index (κ3) is 5.65. The van der Waals surface area contributed by atoms with Gasteiger partial charge in [-0.2, -0.15) is 13.2 Å². The Labute approximate surface area is 156 Å². The minimum absolute atomic E-state index is 0.145. The van der Waals surface area contributed by atoms with E-state index in [-0.39, 0.29) is 6.54 Å². The number of rotatable bonds is 3. The third-order valence-electron chi connectivity index (χ3n) is 2.96. The van der Waals surface area contributed by atoms with Gasteiger partial charge < -0.3 is 10.1 Å². The van der Waals surface area contributed by atoms with Crippen molar-refractivity contribution in [3.8, 4) is 11.3 Å². The number of halogens is 4. The van der Waals surface area contributed by atoms with Gasteiger partial charge >= 0.3 is 12.3 Å². The molecule has 2 aromatic rings. The van der Waals surface area contributed by atoms with E-state index in [4.69, 9.17) is 4.74 Å². The van der Waals surface area contributed by atoms with Gasteiger partial charge in [0.15, 0.2) is 0 Å². The fraction of sp³-hybridized carbons (Fsp3) is 0.375. The fourth-order valence-electron chi connectivity index (χ4n) is 1.86. The number of aromatic nitrogens is 3. The van der Waals surface area contributed by atoms with Crippen LogP contribution in [0, 0.1) is 0 Å². The molecule has 0 atom stereocenters. The van der Waals surface area contributed by atoms with Gasteiger partial charge in [-0.25, -0.2) is 14.8 Å². The minimum atomic E-state index is -4.60. The van der Waals surface area contributed by atoms with Crippen LogP contribution < -0.4 is 5.32 Å². The molecule has 0 spiro atoms. The lowest BCUT2D eigenvalue weighted by Crippen LogP contribution is -2.32. The van der Waals surface area contributed by atoms with Crippen LogP contribution in [0.2, 0.25) is 0 Å². The molecule has 0 saturated heterocycles. The van der Waals surface area contributed by atoms with Crippen molar-refractivity contribution in [3.05, 3.63) is 40.5 Å². The van der Waals surface area contributed by atoms with Crippen LogP contribution in [0.15, 0.2) is 29.1 Å². The van der Waals surface area contributed by atoms with Crippen LogP contribution >= 0.6 is 15.9 Å². The van der Waals surface area contributed by atoms with Gasteiger partial charge in [0.05, 0.1) is 5.69 Å². The molecule has 0 unspecified atom stereocenters. The molecule has 0 aliphatic carbocycles. The molecule has 26 heavy (non-hydrogen) atoms. The van der Waals surface area contributed by atoms with Crippen LogP contribution in [0.3, 0.4) is 0 Å². The normalized spacial score (nSPS) is 12.0. The predicted molar refractivity (Wildman–Crippen MR) is 91.0 cm³/mol. The molecule has 1 amide bonds. The van der Waals surface area contributed by atoms with Crippen molar-refractivity contribution in [3.63, 3.8) is 0 Å². The first-order valence-corrected chi connectivity index (χ1v) is 8.26. The fourth-order valence-corrected chi connectivity index (χ4v) is 2.22. The third-order valence-corrected chi connectivity index (χ3v) is 3.67. The van der Waals surface area contributed by atoms with Gasteiger partial charge in [-0.05, 0) is 48.3 Å².